The summed E-state index contributed by atoms with van der Waals surface area (Å²) in [5.41, 5.74) is 4.92. The van der Waals surface area contributed by atoms with Crippen LogP contribution in [0.15, 0.2) is 59.3 Å². The van der Waals surface area contributed by atoms with Gasteiger partial charge in [-0.05, 0) is 58.2 Å². The van der Waals surface area contributed by atoms with Crippen molar-refractivity contribution in [3.63, 3.8) is 0 Å². The van der Waals surface area contributed by atoms with Gasteiger partial charge in [0.25, 0.3) is 5.91 Å². The molecule has 0 aliphatic rings. The van der Waals surface area contributed by atoms with Crippen molar-refractivity contribution >= 4 is 38.6 Å². The van der Waals surface area contributed by atoms with Crippen LogP contribution in [0.1, 0.15) is 35.9 Å². The number of carbonyl (C=O) groups excluding carboxylic acids is 1. The molecule has 0 fully saturated rings. The van der Waals surface area contributed by atoms with Crippen LogP contribution in [-0.2, 0) is 0 Å². The molecule has 2 N–H and O–H groups in total. The summed E-state index contributed by atoms with van der Waals surface area (Å²) in [7, 11) is 0. The van der Waals surface area contributed by atoms with Crippen LogP contribution in [0, 0.1) is 0 Å². The Morgan fingerprint density at radius 2 is 1.89 bits per heavy atom. The van der Waals surface area contributed by atoms with Gasteiger partial charge in [0.15, 0.2) is 5.69 Å². The minimum absolute atomic E-state index is 0.248. The fourth-order valence-corrected chi connectivity index (χ4v) is 3.75. The zero-order chi connectivity index (χ0) is 19.0. The van der Waals surface area contributed by atoms with E-state index in [1.165, 1.54) is 0 Å². The molecular formula is C20H18BrN5O. The zero-order valence-corrected chi connectivity index (χ0v) is 16.5. The summed E-state index contributed by atoms with van der Waals surface area (Å²) < 4.78 is 2.72. The van der Waals surface area contributed by atoms with E-state index in [1.807, 2.05) is 66.9 Å². The minimum atomic E-state index is -0.258. The average Bonchev–Trinajstić information content (AvgIpc) is 3.26. The van der Waals surface area contributed by atoms with Gasteiger partial charge in [-0.25, -0.2) is 4.98 Å². The molecule has 136 valence electrons. The third-order valence-corrected chi connectivity index (χ3v) is 5.18. The van der Waals surface area contributed by atoms with Crippen LogP contribution >= 0.6 is 15.9 Å². The van der Waals surface area contributed by atoms with Crippen LogP contribution in [0.5, 0.6) is 0 Å². The first-order valence-corrected chi connectivity index (χ1v) is 9.41. The maximum absolute atomic E-state index is 12.5. The minimum Gasteiger partial charge on any atom is -0.321 e. The molecule has 0 radical (unpaired) electrons. The predicted octanol–water partition coefficient (Wildman–Crippen LogP) is 4.89. The van der Waals surface area contributed by atoms with Crippen LogP contribution in [0.25, 0.3) is 16.7 Å². The molecule has 0 atom stereocenters. The second-order valence-electron chi connectivity index (χ2n) is 6.56. The van der Waals surface area contributed by atoms with Crippen molar-refractivity contribution < 1.29 is 4.79 Å². The number of H-pyrrole nitrogens is 1. The van der Waals surface area contributed by atoms with Gasteiger partial charge in [-0.1, -0.05) is 26.0 Å². The van der Waals surface area contributed by atoms with Crippen molar-refractivity contribution in [3.05, 3.63) is 70.7 Å². The molecule has 27 heavy (non-hydrogen) atoms. The maximum Gasteiger partial charge on any atom is 0.277 e. The number of anilines is 1. The quantitative estimate of drug-likeness (QED) is 0.490. The second-order valence-corrected chi connectivity index (χ2v) is 7.35. The van der Waals surface area contributed by atoms with Crippen LogP contribution in [0.4, 0.5) is 5.69 Å². The number of hydrogen-bond donors (Lipinski definition) is 2. The van der Waals surface area contributed by atoms with E-state index in [2.05, 4.69) is 36.4 Å². The summed E-state index contributed by atoms with van der Waals surface area (Å²) in [5.74, 6) is -0.0106. The van der Waals surface area contributed by atoms with E-state index in [-0.39, 0.29) is 11.8 Å². The first kappa shape index (κ1) is 17.5. The summed E-state index contributed by atoms with van der Waals surface area (Å²) in [6.45, 7) is 4.08. The molecule has 0 spiro atoms. The van der Waals surface area contributed by atoms with Gasteiger partial charge in [-0.2, -0.15) is 5.10 Å². The number of aromatic nitrogens is 4. The highest BCUT2D eigenvalue weighted by molar-refractivity contribution is 9.10. The highest BCUT2D eigenvalue weighted by Crippen LogP contribution is 2.26. The van der Waals surface area contributed by atoms with E-state index in [0.29, 0.717) is 15.9 Å². The Morgan fingerprint density at radius 3 is 2.59 bits per heavy atom. The number of halogens is 1. The van der Waals surface area contributed by atoms with E-state index in [9.17, 15) is 4.79 Å². The van der Waals surface area contributed by atoms with Crippen molar-refractivity contribution in [2.24, 2.45) is 0 Å². The van der Waals surface area contributed by atoms with Gasteiger partial charge in [-0.3, -0.25) is 14.5 Å². The predicted molar refractivity (Wildman–Crippen MR) is 109 cm³/mol. The summed E-state index contributed by atoms with van der Waals surface area (Å²) in [6.07, 6.45) is 1.80. The molecule has 1 amide bonds. The van der Waals surface area contributed by atoms with Gasteiger partial charge in [0.05, 0.1) is 21.2 Å². The Bertz CT molecular complexity index is 1110. The van der Waals surface area contributed by atoms with Crippen molar-refractivity contribution in [3.8, 4) is 5.69 Å². The van der Waals surface area contributed by atoms with Gasteiger partial charge in [0, 0.05) is 11.4 Å². The lowest BCUT2D eigenvalue weighted by Crippen LogP contribution is -2.13. The number of imidazole rings is 1. The first-order valence-electron chi connectivity index (χ1n) is 8.62. The number of benzene rings is 2. The molecule has 0 unspecified atom stereocenters. The molecule has 6 nitrogen and oxygen atoms in total. The number of aromatic amines is 1. The highest BCUT2D eigenvalue weighted by atomic mass is 79.9. The largest absolute Gasteiger partial charge is 0.321 e. The van der Waals surface area contributed by atoms with E-state index in [0.717, 1.165) is 22.4 Å². The van der Waals surface area contributed by atoms with Gasteiger partial charge < -0.3 is 5.32 Å². The topological polar surface area (TPSA) is 75.6 Å². The normalized spacial score (nSPS) is 11.3. The molecular weight excluding hydrogens is 406 g/mol. The number of rotatable bonds is 4. The summed E-state index contributed by atoms with van der Waals surface area (Å²) in [6, 6.07) is 15.6. The van der Waals surface area contributed by atoms with Crippen LogP contribution in [0.3, 0.4) is 0 Å². The smallest absolute Gasteiger partial charge is 0.277 e. The monoisotopic (exact) mass is 423 g/mol. The van der Waals surface area contributed by atoms with Gasteiger partial charge in [-0.15, -0.1) is 0 Å². The zero-order valence-electron chi connectivity index (χ0n) is 14.9. The van der Waals surface area contributed by atoms with Crippen LogP contribution < -0.4 is 5.32 Å². The molecule has 2 aromatic carbocycles. The molecule has 0 aliphatic heterocycles. The Labute approximate surface area is 164 Å². The number of para-hydroxylation sites is 2. The summed E-state index contributed by atoms with van der Waals surface area (Å²) in [4.78, 5) is 16.9. The Hall–Kier alpha value is -2.93. The van der Waals surface area contributed by atoms with Gasteiger partial charge >= 0.3 is 0 Å². The number of amides is 1. The molecule has 2 heterocycles. The molecule has 0 aliphatic carbocycles. The second kappa shape index (κ2) is 7.00. The molecule has 0 saturated carbocycles. The van der Waals surface area contributed by atoms with Crippen molar-refractivity contribution in [1.29, 1.82) is 0 Å². The lowest BCUT2D eigenvalue weighted by atomic mass is 10.1. The fourth-order valence-electron chi connectivity index (χ4n) is 2.94. The number of carbonyl (C=O) groups is 1. The van der Waals surface area contributed by atoms with Crippen LogP contribution in [0.2, 0.25) is 0 Å². The average molecular weight is 424 g/mol. The van der Waals surface area contributed by atoms with Crippen LogP contribution in [-0.4, -0.2) is 25.7 Å². The van der Waals surface area contributed by atoms with Gasteiger partial charge in [0.2, 0.25) is 0 Å². The third-order valence-electron chi connectivity index (χ3n) is 4.38. The number of nitrogens with zero attached hydrogens (tertiary/aromatic N) is 3. The van der Waals surface area contributed by atoms with Gasteiger partial charge in [0.1, 0.15) is 6.33 Å². The first-order chi connectivity index (χ1) is 13.0. The number of fused-ring (bicyclic) bond motifs is 1. The third kappa shape index (κ3) is 3.26. The van der Waals surface area contributed by atoms with Crippen molar-refractivity contribution in [1.82, 2.24) is 19.7 Å². The van der Waals surface area contributed by atoms with E-state index in [1.54, 1.807) is 6.33 Å². The Morgan fingerprint density at radius 1 is 1.15 bits per heavy atom. The Kier molecular flexibility index (Phi) is 4.53. The lowest BCUT2D eigenvalue weighted by molar-refractivity contribution is 0.102. The Balaban J connectivity index is 1.55. The molecule has 4 rings (SSSR count). The number of hydrogen-bond acceptors (Lipinski definition) is 3. The summed E-state index contributed by atoms with van der Waals surface area (Å²) in [5, 5.41) is 9.93. The van der Waals surface area contributed by atoms with E-state index < -0.39 is 0 Å². The molecule has 0 saturated heterocycles. The highest BCUT2D eigenvalue weighted by Gasteiger charge is 2.19. The van der Waals surface area contributed by atoms with E-state index >= 15 is 0 Å². The van der Waals surface area contributed by atoms with Crippen molar-refractivity contribution in [2.45, 2.75) is 19.8 Å². The van der Waals surface area contributed by atoms with E-state index in [4.69, 9.17) is 0 Å². The SMILES string of the molecule is CC(C)c1[nH]nc(C(=O)Nc2ccc(-n3cnc4ccccc43)cc2)c1Br. The molecule has 7 heteroatoms. The summed E-state index contributed by atoms with van der Waals surface area (Å²) >= 11 is 3.46. The van der Waals surface area contributed by atoms with Crippen molar-refractivity contribution in [2.75, 3.05) is 5.32 Å². The molecule has 0 bridgehead atoms. The fraction of sp³-hybridized carbons (Fsp3) is 0.150. The lowest BCUT2D eigenvalue weighted by Gasteiger charge is -2.07. The number of nitrogens with one attached hydrogen (secondary N) is 2. The molecule has 4 aromatic rings. The molecule has 2 aromatic heterocycles. The standard InChI is InChI=1S/C20H18BrN5O/c1-12(2)18-17(21)19(25-24-18)20(27)23-13-7-9-14(10-8-13)26-11-22-15-5-3-4-6-16(15)26/h3-12H,1-2H3,(H,23,27)(H,24,25). The maximum atomic E-state index is 12.5.